The Balaban J connectivity index is 1.68. The van der Waals surface area contributed by atoms with E-state index in [4.69, 9.17) is 5.11 Å². The van der Waals surface area contributed by atoms with Crippen molar-refractivity contribution >= 4 is 11.4 Å². The van der Waals surface area contributed by atoms with Gasteiger partial charge in [0.1, 0.15) is 0 Å². The second-order valence-electron chi connectivity index (χ2n) is 5.66. The maximum atomic E-state index is 8.71. The minimum Gasteiger partial charge on any atom is -0.396 e. The van der Waals surface area contributed by atoms with Crippen molar-refractivity contribution < 1.29 is 5.11 Å². The predicted molar refractivity (Wildman–Crippen MR) is 86.5 cm³/mol. The average molecular weight is 276 g/mol. The zero-order chi connectivity index (χ0) is 14.0. The van der Waals surface area contributed by atoms with Crippen LogP contribution in [0.25, 0.3) is 0 Å². The summed E-state index contributed by atoms with van der Waals surface area (Å²) in [6, 6.07) is 8.86. The van der Waals surface area contributed by atoms with Gasteiger partial charge in [-0.05, 0) is 56.4 Å². The Hall–Kier alpha value is -1.22. The molecule has 1 aliphatic heterocycles. The highest BCUT2D eigenvalue weighted by molar-refractivity contribution is 5.55. The van der Waals surface area contributed by atoms with Crippen LogP contribution in [0.5, 0.6) is 0 Å². The van der Waals surface area contributed by atoms with Gasteiger partial charge in [0.2, 0.25) is 0 Å². The van der Waals surface area contributed by atoms with E-state index in [9.17, 15) is 0 Å². The zero-order valence-electron chi connectivity index (χ0n) is 12.5. The fourth-order valence-electron chi connectivity index (χ4n) is 2.77. The van der Waals surface area contributed by atoms with Gasteiger partial charge in [0.05, 0.1) is 0 Å². The molecule has 0 spiro atoms. The smallest absolute Gasteiger partial charge is 0.0431 e. The van der Waals surface area contributed by atoms with Gasteiger partial charge in [0, 0.05) is 37.6 Å². The number of aliphatic hydroxyl groups excluding tert-OH is 1. The largest absolute Gasteiger partial charge is 0.396 e. The Morgan fingerprint density at radius 2 is 1.60 bits per heavy atom. The monoisotopic (exact) mass is 276 g/mol. The molecule has 3 heteroatoms. The molecule has 0 bridgehead atoms. The number of nitrogens with one attached hydrogen (secondary N) is 1. The van der Waals surface area contributed by atoms with E-state index in [1.54, 1.807) is 0 Å². The molecule has 0 aromatic heterocycles. The Kier molecular flexibility index (Phi) is 6.72. The first-order valence-corrected chi connectivity index (χ1v) is 8.10. The van der Waals surface area contributed by atoms with E-state index in [1.165, 1.54) is 56.6 Å². The number of benzene rings is 1. The van der Waals surface area contributed by atoms with Crippen LogP contribution in [0.15, 0.2) is 24.3 Å². The van der Waals surface area contributed by atoms with E-state index in [0.717, 1.165) is 19.4 Å². The van der Waals surface area contributed by atoms with Gasteiger partial charge in [-0.15, -0.1) is 0 Å². The Bertz CT molecular complexity index is 358. The van der Waals surface area contributed by atoms with Crippen LogP contribution < -0.4 is 10.2 Å². The van der Waals surface area contributed by atoms with Gasteiger partial charge in [0.15, 0.2) is 0 Å². The van der Waals surface area contributed by atoms with Crippen LogP contribution in [0.3, 0.4) is 0 Å². The zero-order valence-corrected chi connectivity index (χ0v) is 12.5. The minimum absolute atomic E-state index is 0.325. The Labute approximate surface area is 123 Å². The molecular formula is C17H28N2O. The highest BCUT2D eigenvalue weighted by Gasteiger charge is 2.10. The van der Waals surface area contributed by atoms with Gasteiger partial charge < -0.3 is 15.3 Å². The maximum Gasteiger partial charge on any atom is 0.0431 e. The lowest BCUT2D eigenvalue weighted by Crippen LogP contribution is -2.29. The highest BCUT2D eigenvalue weighted by Crippen LogP contribution is 2.21. The van der Waals surface area contributed by atoms with Crippen LogP contribution in [0.4, 0.5) is 11.4 Å². The lowest BCUT2D eigenvalue weighted by molar-refractivity contribution is 0.283. The number of hydrogen-bond acceptors (Lipinski definition) is 3. The van der Waals surface area contributed by atoms with Crippen molar-refractivity contribution in [2.24, 2.45) is 0 Å². The summed E-state index contributed by atoms with van der Waals surface area (Å²) in [4.78, 5) is 2.49. The fourth-order valence-corrected chi connectivity index (χ4v) is 2.77. The average Bonchev–Trinajstić information content (AvgIpc) is 2.52. The predicted octanol–water partition coefficient (Wildman–Crippen LogP) is 3.64. The molecule has 20 heavy (non-hydrogen) atoms. The molecule has 1 aromatic rings. The molecule has 1 aliphatic rings. The first-order chi connectivity index (χ1) is 9.90. The number of nitrogens with zero attached hydrogens (tertiary/aromatic N) is 1. The van der Waals surface area contributed by atoms with E-state index >= 15 is 0 Å². The number of anilines is 2. The number of piperidine rings is 1. The molecule has 0 aliphatic carbocycles. The number of unbranched alkanes of at least 4 members (excludes halogenated alkanes) is 3. The topological polar surface area (TPSA) is 35.5 Å². The Morgan fingerprint density at radius 3 is 2.30 bits per heavy atom. The van der Waals surface area contributed by atoms with Crippen molar-refractivity contribution in [3.63, 3.8) is 0 Å². The van der Waals surface area contributed by atoms with Crippen LogP contribution in [0.2, 0.25) is 0 Å². The van der Waals surface area contributed by atoms with Gasteiger partial charge in [-0.3, -0.25) is 0 Å². The third-order valence-electron chi connectivity index (χ3n) is 4.00. The molecular weight excluding hydrogens is 248 g/mol. The molecule has 112 valence electrons. The SMILES string of the molecule is OCCCCCCNc1ccc(N2CCCCC2)cc1. The molecule has 1 heterocycles. The lowest BCUT2D eigenvalue weighted by Gasteiger charge is -2.28. The molecule has 0 atom stereocenters. The second-order valence-corrected chi connectivity index (χ2v) is 5.66. The summed E-state index contributed by atoms with van der Waals surface area (Å²) in [6.07, 6.45) is 8.47. The summed E-state index contributed by atoms with van der Waals surface area (Å²) in [5.41, 5.74) is 2.58. The quantitative estimate of drug-likeness (QED) is 0.712. The molecule has 0 radical (unpaired) electrons. The van der Waals surface area contributed by atoms with Crippen LogP contribution in [0, 0.1) is 0 Å². The molecule has 3 nitrogen and oxygen atoms in total. The standard InChI is InChI=1S/C17H28N2O/c20-15-7-2-1-4-12-18-16-8-10-17(11-9-16)19-13-5-3-6-14-19/h8-11,18,20H,1-7,12-15H2. The third-order valence-corrected chi connectivity index (χ3v) is 4.00. The van der Waals surface area contributed by atoms with Gasteiger partial charge in [-0.2, -0.15) is 0 Å². The van der Waals surface area contributed by atoms with E-state index in [1.807, 2.05) is 0 Å². The molecule has 1 saturated heterocycles. The molecule has 1 fully saturated rings. The molecule has 0 amide bonds. The summed E-state index contributed by atoms with van der Waals surface area (Å²) in [5.74, 6) is 0. The maximum absolute atomic E-state index is 8.71. The summed E-state index contributed by atoms with van der Waals surface area (Å²) >= 11 is 0. The van der Waals surface area contributed by atoms with Gasteiger partial charge in [-0.1, -0.05) is 12.8 Å². The summed E-state index contributed by atoms with van der Waals surface area (Å²) in [5, 5.41) is 12.2. The van der Waals surface area contributed by atoms with Crippen molar-refractivity contribution in [3.05, 3.63) is 24.3 Å². The number of rotatable bonds is 8. The lowest BCUT2D eigenvalue weighted by atomic mass is 10.1. The van der Waals surface area contributed by atoms with Crippen LogP contribution in [-0.2, 0) is 0 Å². The van der Waals surface area contributed by atoms with Crippen molar-refractivity contribution in [2.75, 3.05) is 36.5 Å². The van der Waals surface area contributed by atoms with E-state index in [0.29, 0.717) is 6.61 Å². The fraction of sp³-hybridized carbons (Fsp3) is 0.647. The van der Waals surface area contributed by atoms with Gasteiger partial charge >= 0.3 is 0 Å². The summed E-state index contributed by atoms with van der Waals surface area (Å²) in [7, 11) is 0. The van der Waals surface area contributed by atoms with Crippen LogP contribution in [0.1, 0.15) is 44.9 Å². The Morgan fingerprint density at radius 1 is 0.900 bits per heavy atom. The summed E-state index contributed by atoms with van der Waals surface area (Å²) < 4.78 is 0. The highest BCUT2D eigenvalue weighted by atomic mass is 16.2. The second kappa shape index (κ2) is 8.85. The van der Waals surface area contributed by atoms with Crippen molar-refractivity contribution in [1.82, 2.24) is 0 Å². The van der Waals surface area contributed by atoms with Crippen LogP contribution in [-0.4, -0.2) is 31.3 Å². The molecule has 0 saturated carbocycles. The number of hydrogen-bond donors (Lipinski definition) is 2. The number of aliphatic hydroxyl groups is 1. The van der Waals surface area contributed by atoms with E-state index in [2.05, 4.69) is 34.5 Å². The molecule has 0 unspecified atom stereocenters. The normalized spacial score (nSPS) is 15.3. The van der Waals surface area contributed by atoms with E-state index in [-0.39, 0.29) is 0 Å². The molecule has 2 rings (SSSR count). The van der Waals surface area contributed by atoms with Crippen LogP contribution >= 0.6 is 0 Å². The minimum atomic E-state index is 0.325. The van der Waals surface area contributed by atoms with E-state index < -0.39 is 0 Å². The molecule has 1 aromatic carbocycles. The van der Waals surface area contributed by atoms with Gasteiger partial charge in [-0.25, -0.2) is 0 Å². The third kappa shape index (κ3) is 5.04. The summed E-state index contributed by atoms with van der Waals surface area (Å²) in [6.45, 7) is 3.76. The van der Waals surface area contributed by atoms with Crippen molar-refractivity contribution in [1.29, 1.82) is 0 Å². The first-order valence-electron chi connectivity index (χ1n) is 8.10. The van der Waals surface area contributed by atoms with Gasteiger partial charge in [0.25, 0.3) is 0 Å². The first kappa shape index (κ1) is 15.2. The van der Waals surface area contributed by atoms with Crippen molar-refractivity contribution in [3.8, 4) is 0 Å². The van der Waals surface area contributed by atoms with Crippen molar-refractivity contribution in [2.45, 2.75) is 44.9 Å². The molecule has 2 N–H and O–H groups in total.